The fourth-order valence-corrected chi connectivity index (χ4v) is 5.30. The molecule has 1 aliphatic heterocycles. The van der Waals surface area contributed by atoms with Crippen molar-refractivity contribution in [3.8, 4) is 0 Å². The zero-order chi connectivity index (χ0) is 32.0. The van der Waals surface area contributed by atoms with Crippen LogP contribution >= 0.6 is 11.6 Å². The van der Waals surface area contributed by atoms with E-state index in [4.69, 9.17) is 11.6 Å². The molecule has 44 heavy (non-hydrogen) atoms. The number of amides is 3. The Labute approximate surface area is 263 Å². The molecular formula is C34H39ClN4O5. The molecule has 0 aliphatic carbocycles. The number of carboxylic acid groups (broad SMARTS) is 1. The third-order valence-corrected chi connectivity index (χ3v) is 7.65. The molecule has 0 radical (unpaired) electrons. The molecule has 1 unspecified atom stereocenters. The van der Waals surface area contributed by atoms with Gasteiger partial charge in [0.2, 0.25) is 5.91 Å². The van der Waals surface area contributed by atoms with E-state index < -0.39 is 23.8 Å². The second-order valence-electron chi connectivity index (χ2n) is 12.3. The van der Waals surface area contributed by atoms with Gasteiger partial charge in [0.15, 0.2) is 0 Å². The molecule has 1 aliphatic rings. The first-order chi connectivity index (χ1) is 20.8. The predicted octanol–water partition coefficient (Wildman–Crippen LogP) is 5.93. The van der Waals surface area contributed by atoms with Crippen molar-refractivity contribution in [3.05, 3.63) is 94.0 Å². The lowest BCUT2D eigenvalue weighted by atomic mass is 9.91. The number of hydrogen-bond acceptors (Lipinski definition) is 5. The summed E-state index contributed by atoms with van der Waals surface area (Å²) in [7, 11) is 0. The lowest BCUT2D eigenvalue weighted by Gasteiger charge is -2.38. The van der Waals surface area contributed by atoms with Gasteiger partial charge < -0.3 is 25.5 Å². The monoisotopic (exact) mass is 618 g/mol. The standard InChI is InChI=1S/C34H39ClN4O5/c1-22-8-10-23(11-9-22)27(20-31(41)42)36-33(44)25-12-13-29(28(19-25)37-32(43)24-6-5-7-26(35)18-24)38-14-16-39(17-15-38)30(40)21-34(2,3)4/h5-13,18-19,27H,14-17,20-21H2,1-4H3,(H,36,44)(H,37,43)(H,41,42). The molecule has 1 atom stereocenters. The van der Waals surface area contributed by atoms with E-state index in [0.29, 0.717) is 60.1 Å². The number of rotatable bonds is 9. The third-order valence-electron chi connectivity index (χ3n) is 7.41. The molecule has 232 valence electrons. The van der Waals surface area contributed by atoms with Gasteiger partial charge in [-0.15, -0.1) is 0 Å². The number of nitrogens with one attached hydrogen (secondary N) is 2. The van der Waals surface area contributed by atoms with E-state index in [1.807, 2.05) is 44.7 Å². The minimum Gasteiger partial charge on any atom is -0.481 e. The van der Waals surface area contributed by atoms with Crippen LogP contribution in [0.3, 0.4) is 0 Å². The van der Waals surface area contributed by atoms with Crippen molar-refractivity contribution in [1.82, 2.24) is 10.2 Å². The summed E-state index contributed by atoms with van der Waals surface area (Å²) >= 11 is 6.12. The summed E-state index contributed by atoms with van der Waals surface area (Å²) in [6, 6.07) is 18.2. The fourth-order valence-electron chi connectivity index (χ4n) is 5.11. The second kappa shape index (κ2) is 13.9. The maximum absolute atomic E-state index is 13.5. The van der Waals surface area contributed by atoms with Gasteiger partial charge in [0.1, 0.15) is 0 Å². The van der Waals surface area contributed by atoms with E-state index in [-0.39, 0.29) is 23.3 Å². The van der Waals surface area contributed by atoms with Crippen LogP contribution in [0.1, 0.15) is 71.5 Å². The highest BCUT2D eigenvalue weighted by molar-refractivity contribution is 6.31. The first-order valence-electron chi connectivity index (χ1n) is 14.6. The van der Waals surface area contributed by atoms with Gasteiger partial charge >= 0.3 is 5.97 Å². The average Bonchev–Trinajstić information content (AvgIpc) is 2.96. The van der Waals surface area contributed by atoms with E-state index in [0.717, 1.165) is 5.56 Å². The molecular weight excluding hydrogens is 580 g/mol. The second-order valence-corrected chi connectivity index (χ2v) is 12.8. The van der Waals surface area contributed by atoms with Crippen molar-refractivity contribution in [2.75, 3.05) is 36.4 Å². The highest BCUT2D eigenvalue weighted by Crippen LogP contribution is 2.30. The van der Waals surface area contributed by atoms with Crippen LogP contribution in [0.5, 0.6) is 0 Å². The van der Waals surface area contributed by atoms with Gasteiger partial charge in [-0.05, 0) is 54.3 Å². The molecule has 3 aromatic rings. The Hall–Kier alpha value is -4.37. The number of carbonyl (C=O) groups is 4. The summed E-state index contributed by atoms with van der Waals surface area (Å²) in [4.78, 5) is 55.1. The number of hydrogen-bond donors (Lipinski definition) is 3. The van der Waals surface area contributed by atoms with E-state index in [1.165, 1.54) is 0 Å². The molecule has 0 bridgehead atoms. The Morgan fingerprint density at radius 1 is 0.886 bits per heavy atom. The highest BCUT2D eigenvalue weighted by atomic mass is 35.5. The SMILES string of the molecule is Cc1ccc(C(CC(=O)O)NC(=O)c2ccc(N3CCN(C(=O)CC(C)(C)C)CC3)c(NC(=O)c3cccc(Cl)c3)c2)cc1. The molecule has 10 heteroatoms. The average molecular weight is 619 g/mol. The highest BCUT2D eigenvalue weighted by Gasteiger charge is 2.27. The number of benzene rings is 3. The zero-order valence-electron chi connectivity index (χ0n) is 25.5. The van der Waals surface area contributed by atoms with Crippen molar-refractivity contribution >= 4 is 46.7 Å². The molecule has 9 nitrogen and oxygen atoms in total. The van der Waals surface area contributed by atoms with Gasteiger partial charge in [0.05, 0.1) is 23.8 Å². The Kier molecular flexibility index (Phi) is 10.3. The van der Waals surface area contributed by atoms with Gasteiger partial charge in [-0.3, -0.25) is 19.2 Å². The number of piperazine rings is 1. The molecule has 3 aromatic carbocycles. The van der Waals surface area contributed by atoms with Crippen LogP contribution in [-0.4, -0.2) is 59.9 Å². The van der Waals surface area contributed by atoms with Crippen molar-refractivity contribution in [2.24, 2.45) is 5.41 Å². The Morgan fingerprint density at radius 2 is 1.55 bits per heavy atom. The zero-order valence-corrected chi connectivity index (χ0v) is 26.3. The number of halogens is 1. The summed E-state index contributed by atoms with van der Waals surface area (Å²) < 4.78 is 0. The minimum absolute atomic E-state index is 0.106. The molecule has 3 N–H and O–H groups in total. The van der Waals surface area contributed by atoms with E-state index in [2.05, 4.69) is 15.5 Å². The summed E-state index contributed by atoms with van der Waals surface area (Å²) in [5.74, 6) is -1.79. The summed E-state index contributed by atoms with van der Waals surface area (Å²) in [5.41, 5.74) is 3.34. The van der Waals surface area contributed by atoms with Crippen LogP contribution in [0.2, 0.25) is 5.02 Å². The van der Waals surface area contributed by atoms with Gasteiger partial charge in [0.25, 0.3) is 11.8 Å². The number of nitrogens with zero attached hydrogens (tertiary/aromatic N) is 2. The number of carboxylic acids is 1. The van der Waals surface area contributed by atoms with Crippen molar-refractivity contribution in [1.29, 1.82) is 0 Å². The number of aliphatic carboxylic acids is 1. The lowest BCUT2D eigenvalue weighted by Crippen LogP contribution is -2.49. The Bertz CT molecular complexity index is 1530. The molecule has 4 rings (SSSR count). The van der Waals surface area contributed by atoms with Crippen LogP contribution in [0.15, 0.2) is 66.7 Å². The topological polar surface area (TPSA) is 119 Å². The van der Waals surface area contributed by atoms with E-state index >= 15 is 0 Å². The maximum Gasteiger partial charge on any atom is 0.305 e. The quantitative estimate of drug-likeness (QED) is 0.273. The van der Waals surface area contributed by atoms with Gasteiger partial charge in [-0.1, -0.05) is 68.3 Å². The maximum atomic E-state index is 13.5. The van der Waals surface area contributed by atoms with Gasteiger partial charge in [-0.2, -0.15) is 0 Å². The van der Waals surface area contributed by atoms with Crippen molar-refractivity contribution < 1.29 is 24.3 Å². The third kappa shape index (κ3) is 8.83. The van der Waals surface area contributed by atoms with Crippen LogP contribution in [-0.2, 0) is 9.59 Å². The van der Waals surface area contributed by atoms with Gasteiger partial charge in [-0.25, -0.2) is 0 Å². The van der Waals surface area contributed by atoms with Crippen molar-refractivity contribution in [2.45, 2.75) is 46.6 Å². The first kappa shape index (κ1) is 32.5. The largest absolute Gasteiger partial charge is 0.481 e. The molecule has 3 amide bonds. The molecule has 1 heterocycles. The van der Waals surface area contributed by atoms with E-state index in [9.17, 15) is 24.3 Å². The van der Waals surface area contributed by atoms with Crippen LogP contribution in [0.25, 0.3) is 0 Å². The molecule has 1 saturated heterocycles. The van der Waals surface area contributed by atoms with Crippen LogP contribution in [0, 0.1) is 12.3 Å². The van der Waals surface area contributed by atoms with Gasteiger partial charge in [0, 0.05) is 48.7 Å². The number of carbonyl (C=O) groups excluding carboxylic acids is 3. The van der Waals surface area contributed by atoms with Crippen LogP contribution in [0.4, 0.5) is 11.4 Å². The lowest BCUT2D eigenvalue weighted by molar-refractivity contribution is -0.137. The summed E-state index contributed by atoms with van der Waals surface area (Å²) in [5, 5.41) is 15.7. The summed E-state index contributed by atoms with van der Waals surface area (Å²) in [6.45, 7) is 10.2. The first-order valence-corrected chi connectivity index (χ1v) is 15.0. The smallest absolute Gasteiger partial charge is 0.305 e. The minimum atomic E-state index is -1.04. The van der Waals surface area contributed by atoms with Crippen molar-refractivity contribution in [3.63, 3.8) is 0 Å². The number of aryl methyl sites for hydroxylation is 1. The Morgan fingerprint density at radius 3 is 2.16 bits per heavy atom. The fraction of sp³-hybridized carbons (Fsp3) is 0.353. The van der Waals surface area contributed by atoms with E-state index in [1.54, 1.807) is 54.6 Å². The molecule has 1 fully saturated rings. The number of anilines is 2. The molecule has 0 saturated carbocycles. The normalized spacial score (nSPS) is 14.1. The Balaban J connectivity index is 1.59. The molecule has 0 spiro atoms. The predicted molar refractivity (Wildman–Crippen MR) is 172 cm³/mol. The van der Waals surface area contributed by atoms with Crippen LogP contribution < -0.4 is 15.5 Å². The molecule has 0 aromatic heterocycles. The summed E-state index contributed by atoms with van der Waals surface area (Å²) in [6.07, 6.45) is 0.173.